The minimum Gasteiger partial charge on any atom is -0.445 e. The maximum Gasteiger partial charge on any atom is 0.410 e. The van der Waals surface area contributed by atoms with Gasteiger partial charge in [-0.05, 0) is 44.1 Å². The van der Waals surface area contributed by atoms with Gasteiger partial charge in [0.2, 0.25) is 0 Å². The molecule has 2 atom stereocenters. The van der Waals surface area contributed by atoms with E-state index < -0.39 is 0 Å². The lowest BCUT2D eigenvalue weighted by Crippen LogP contribution is -2.48. The highest BCUT2D eigenvalue weighted by atomic mass is 19.1. The van der Waals surface area contributed by atoms with E-state index in [1.165, 1.54) is 0 Å². The molecule has 2 aliphatic rings. The highest BCUT2D eigenvalue weighted by molar-refractivity contribution is 5.81. The van der Waals surface area contributed by atoms with Gasteiger partial charge in [0, 0.05) is 24.4 Å². The highest BCUT2D eigenvalue weighted by Crippen LogP contribution is 2.40. The van der Waals surface area contributed by atoms with Gasteiger partial charge in [-0.25, -0.2) is 4.79 Å². The quantitative estimate of drug-likeness (QED) is 0.692. The summed E-state index contributed by atoms with van der Waals surface area (Å²) in [5, 5.41) is 0. The molecule has 0 aliphatic carbocycles. The van der Waals surface area contributed by atoms with E-state index in [9.17, 15) is 14.0 Å². The normalized spacial score (nSPS) is 25.0. The zero-order valence-electron chi connectivity index (χ0n) is 14.5. The van der Waals surface area contributed by atoms with E-state index in [0.29, 0.717) is 19.3 Å². The third-order valence-corrected chi connectivity index (χ3v) is 5.41. The fraction of sp³-hybridized carbons (Fsp3) is 0.600. The molecule has 3 rings (SSSR count). The second kappa shape index (κ2) is 8.45. The standard InChI is InChI=1S/C20H26FNO3/c21-11-5-4-8-19(23)16-12-17-9-10-18(13-16)22(17)20(24)25-14-15-6-2-1-3-7-15/h1-3,6-7,16-18H,4-5,8-14H2. The lowest BCUT2D eigenvalue weighted by Gasteiger charge is -2.37. The van der Waals surface area contributed by atoms with E-state index in [1.54, 1.807) is 0 Å². The third kappa shape index (κ3) is 4.39. The van der Waals surface area contributed by atoms with Crippen molar-refractivity contribution in [1.29, 1.82) is 0 Å². The fourth-order valence-corrected chi connectivity index (χ4v) is 4.13. The average molecular weight is 347 g/mol. The summed E-state index contributed by atoms with van der Waals surface area (Å²) >= 11 is 0. The smallest absolute Gasteiger partial charge is 0.410 e. The lowest BCUT2D eigenvalue weighted by molar-refractivity contribution is -0.125. The van der Waals surface area contributed by atoms with Crippen molar-refractivity contribution < 1.29 is 18.7 Å². The van der Waals surface area contributed by atoms with E-state index in [4.69, 9.17) is 4.74 Å². The Morgan fingerprint density at radius 3 is 2.40 bits per heavy atom. The topological polar surface area (TPSA) is 46.6 Å². The molecule has 1 aromatic carbocycles. The van der Waals surface area contributed by atoms with Gasteiger partial charge in [-0.3, -0.25) is 9.18 Å². The molecular formula is C20H26FNO3. The maximum atomic E-state index is 12.5. The second-order valence-electron chi connectivity index (χ2n) is 7.11. The van der Waals surface area contributed by atoms with Crippen LogP contribution in [0.5, 0.6) is 0 Å². The van der Waals surface area contributed by atoms with Crippen LogP contribution in [0.2, 0.25) is 0 Å². The first-order valence-electron chi connectivity index (χ1n) is 9.26. The largest absolute Gasteiger partial charge is 0.445 e. The average Bonchev–Trinajstić information content (AvgIpc) is 2.90. The molecule has 2 saturated heterocycles. The van der Waals surface area contributed by atoms with E-state index in [2.05, 4.69) is 0 Å². The minimum absolute atomic E-state index is 0.0234. The molecule has 136 valence electrons. The number of hydrogen-bond donors (Lipinski definition) is 0. The number of hydrogen-bond acceptors (Lipinski definition) is 3. The van der Waals surface area contributed by atoms with Crippen molar-refractivity contribution in [2.24, 2.45) is 5.92 Å². The SMILES string of the molecule is O=C(CCCCF)C1CC2CCC(C1)N2C(=O)OCc1ccccc1. The number of nitrogens with zero attached hydrogens (tertiary/aromatic N) is 1. The Bertz CT molecular complexity index is 578. The van der Waals surface area contributed by atoms with Crippen molar-refractivity contribution in [3.63, 3.8) is 0 Å². The number of piperidine rings is 1. The Hall–Kier alpha value is -1.91. The van der Waals surface area contributed by atoms with Crippen molar-refractivity contribution in [3.8, 4) is 0 Å². The first-order chi connectivity index (χ1) is 12.2. The number of ketones is 1. The van der Waals surface area contributed by atoms with Crippen LogP contribution in [0, 0.1) is 5.92 Å². The molecule has 1 aromatic rings. The predicted molar refractivity (Wildman–Crippen MR) is 92.8 cm³/mol. The van der Waals surface area contributed by atoms with E-state index >= 15 is 0 Å². The first-order valence-corrected chi connectivity index (χ1v) is 9.26. The van der Waals surface area contributed by atoms with Crippen LogP contribution in [0.4, 0.5) is 9.18 Å². The number of alkyl halides is 1. The molecule has 0 aromatic heterocycles. The van der Waals surface area contributed by atoms with Gasteiger partial charge in [0.05, 0.1) is 6.67 Å². The number of unbranched alkanes of at least 4 members (excludes halogenated alkanes) is 1. The van der Waals surface area contributed by atoms with Crippen LogP contribution >= 0.6 is 0 Å². The summed E-state index contributed by atoms with van der Waals surface area (Å²) in [5.74, 6) is 0.262. The highest BCUT2D eigenvalue weighted by Gasteiger charge is 2.45. The molecule has 2 bridgehead atoms. The number of amides is 1. The molecule has 0 N–H and O–H groups in total. The number of carbonyl (C=O) groups is 2. The Morgan fingerprint density at radius 1 is 1.08 bits per heavy atom. The van der Waals surface area contributed by atoms with Crippen LogP contribution in [0.25, 0.3) is 0 Å². The predicted octanol–water partition coefficient (Wildman–Crippen LogP) is 4.28. The van der Waals surface area contributed by atoms with Gasteiger partial charge < -0.3 is 9.64 Å². The summed E-state index contributed by atoms with van der Waals surface area (Å²) in [7, 11) is 0. The summed E-state index contributed by atoms with van der Waals surface area (Å²) in [6.45, 7) is -0.0779. The van der Waals surface area contributed by atoms with Crippen molar-refractivity contribution in [2.75, 3.05) is 6.67 Å². The maximum absolute atomic E-state index is 12.5. The number of rotatable bonds is 7. The first kappa shape index (κ1) is 17.9. The Morgan fingerprint density at radius 2 is 1.76 bits per heavy atom. The van der Waals surface area contributed by atoms with Gasteiger partial charge in [0.1, 0.15) is 12.4 Å². The Kier molecular flexibility index (Phi) is 6.05. The summed E-state index contributed by atoms with van der Waals surface area (Å²) in [5.41, 5.74) is 0.973. The van der Waals surface area contributed by atoms with Crippen LogP contribution in [0.1, 0.15) is 50.5 Å². The van der Waals surface area contributed by atoms with Gasteiger partial charge in [0.25, 0.3) is 0 Å². The molecule has 2 aliphatic heterocycles. The molecule has 25 heavy (non-hydrogen) atoms. The molecule has 0 spiro atoms. The monoisotopic (exact) mass is 347 g/mol. The minimum atomic E-state index is -0.357. The Labute approximate surface area is 148 Å². The number of Topliss-reactive ketones (excluding diaryl/α,β-unsaturated/α-hetero) is 1. The van der Waals surface area contributed by atoms with Gasteiger partial charge >= 0.3 is 6.09 Å². The van der Waals surface area contributed by atoms with Crippen LogP contribution in [-0.2, 0) is 16.1 Å². The molecule has 0 radical (unpaired) electrons. The van der Waals surface area contributed by atoms with Crippen LogP contribution < -0.4 is 0 Å². The fourth-order valence-electron chi connectivity index (χ4n) is 4.13. The Balaban J connectivity index is 1.52. The zero-order chi connectivity index (χ0) is 17.6. The van der Waals surface area contributed by atoms with Crippen molar-refractivity contribution in [1.82, 2.24) is 4.90 Å². The lowest BCUT2D eigenvalue weighted by atomic mass is 9.86. The number of halogens is 1. The molecule has 2 fully saturated rings. The molecule has 1 amide bonds. The molecule has 2 heterocycles. The number of carbonyl (C=O) groups excluding carboxylic acids is 2. The van der Waals surface area contributed by atoms with E-state index in [-0.39, 0.29) is 43.2 Å². The van der Waals surface area contributed by atoms with Crippen LogP contribution in [0.3, 0.4) is 0 Å². The molecule has 0 saturated carbocycles. The van der Waals surface area contributed by atoms with Gasteiger partial charge in [-0.2, -0.15) is 0 Å². The third-order valence-electron chi connectivity index (χ3n) is 5.41. The molecule has 2 unspecified atom stereocenters. The number of fused-ring (bicyclic) bond motifs is 2. The van der Waals surface area contributed by atoms with Crippen LogP contribution in [0.15, 0.2) is 30.3 Å². The summed E-state index contributed by atoms with van der Waals surface area (Å²) in [6.07, 6.45) is 4.63. The zero-order valence-corrected chi connectivity index (χ0v) is 14.5. The van der Waals surface area contributed by atoms with Crippen molar-refractivity contribution in [2.45, 2.75) is 63.6 Å². The van der Waals surface area contributed by atoms with Gasteiger partial charge in [0.15, 0.2) is 0 Å². The number of ether oxygens (including phenoxy) is 1. The summed E-state index contributed by atoms with van der Waals surface area (Å²) in [4.78, 5) is 26.7. The second-order valence-corrected chi connectivity index (χ2v) is 7.11. The van der Waals surface area contributed by atoms with Crippen molar-refractivity contribution in [3.05, 3.63) is 35.9 Å². The van der Waals surface area contributed by atoms with Crippen molar-refractivity contribution >= 4 is 11.9 Å². The molecule has 5 heteroatoms. The summed E-state index contributed by atoms with van der Waals surface area (Å²) < 4.78 is 17.7. The van der Waals surface area contributed by atoms with E-state index in [0.717, 1.165) is 31.2 Å². The van der Waals surface area contributed by atoms with E-state index in [1.807, 2.05) is 35.2 Å². The summed E-state index contributed by atoms with van der Waals surface area (Å²) in [6, 6.07) is 9.86. The number of benzene rings is 1. The molecule has 4 nitrogen and oxygen atoms in total. The van der Waals surface area contributed by atoms with Gasteiger partial charge in [-0.1, -0.05) is 30.3 Å². The molecular weight excluding hydrogens is 321 g/mol. The van der Waals surface area contributed by atoms with Crippen LogP contribution in [-0.4, -0.2) is 35.5 Å². The van der Waals surface area contributed by atoms with Gasteiger partial charge in [-0.15, -0.1) is 0 Å².